The highest BCUT2D eigenvalue weighted by Gasteiger charge is 1.92. The Morgan fingerprint density at radius 1 is 1.25 bits per heavy atom. The van der Waals surface area contributed by atoms with E-state index in [1.807, 2.05) is 0 Å². The van der Waals surface area contributed by atoms with Gasteiger partial charge >= 0.3 is 0 Å². The van der Waals surface area contributed by atoms with Gasteiger partial charge in [-0.05, 0) is 51.0 Å². The van der Waals surface area contributed by atoms with Gasteiger partial charge in [0.05, 0.1) is 0 Å². The highest BCUT2D eigenvalue weighted by molar-refractivity contribution is 14.1. The van der Waals surface area contributed by atoms with Crippen molar-refractivity contribution >= 4 is 22.6 Å². The molecular formula is C11H13I. The van der Waals surface area contributed by atoms with E-state index in [4.69, 9.17) is 0 Å². The average Bonchev–Trinajstić information content (AvgIpc) is 2.05. The maximum absolute atomic E-state index is 3.87. The predicted octanol–water partition coefficient (Wildman–Crippen LogP) is 3.96. The van der Waals surface area contributed by atoms with Crippen molar-refractivity contribution in [2.45, 2.75) is 19.3 Å². The van der Waals surface area contributed by atoms with E-state index >= 15 is 0 Å². The van der Waals surface area contributed by atoms with Crippen LogP contribution in [0.2, 0.25) is 0 Å². The molecule has 64 valence electrons. The highest BCUT2D eigenvalue weighted by atomic mass is 127. The third kappa shape index (κ3) is 3.90. The molecule has 1 heteroatoms. The second-order valence-electron chi connectivity index (χ2n) is 2.86. The van der Waals surface area contributed by atoms with Crippen molar-refractivity contribution in [1.29, 1.82) is 0 Å². The second-order valence-corrected chi connectivity index (χ2v) is 4.38. The third-order valence-electron chi connectivity index (χ3n) is 1.76. The van der Waals surface area contributed by atoms with Crippen molar-refractivity contribution in [3.05, 3.63) is 46.1 Å². The quantitative estimate of drug-likeness (QED) is 0.728. The Kier molecular flexibility index (Phi) is 4.36. The molecule has 0 spiro atoms. The minimum absolute atomic E-state index is 1.13. The molecule has 0 aromatic heterocycles. The number of rotatable bonds is 4. The van der Waals surface area contributed by atoms with E-state index in [2.05, 4.69) is 59.5 Å². The van der Waals surface area contributed by atoms with Crippen LogP contribution in [-0.2, 0) is 6.42 Å². The molecule has 0 heterocycles. The molecular weight excluding hydrogens is 259 g/mol. The zero-order chi connectivity index (χ0) is 8.81. The number of aryl methyl sites for hydroxylation is 1. The molecule has 1 rings (SSSR count). The van der Waals surface area contributed by atoms with Gasteiger partial charge in [0, 0.05) is 0 Å². The minimum Gasteiger partial charge on any atom is -0.0897 e. The number of allylic oxidation sites excluding steroid dienone is 1. The lowest BCUT2D eigenvalue weighted by molar-refractivity contribution is 0.841. The summed E-state index contributed by atoms with van der Waals surface area (Å²) < 4.78 is 1.25. The Bertz CT molecular complexity index is 238. The molecule has 0 atom stereocenters. The summed E-state index contributed by atoms with van der Waals surface area (Å²) in [4.78, 5) is 0. The second kappa shape index (κ2) is 5.36. The maximum Gasteiger partial charge on any atom is -0.0166 e. The fourth-order valence-electron chi connectivity index (χ4n) is 1.13. The lowest BCUT2D eigenvalue weighted by Gasteiger charge is -1.99. The Morgan fingerprint density at radius 3 is 2.50 bits per heavy atom. The molecule has 0 unspecified atom stereocenters. The normalized spacial score (nSPS) is 9.75. The third-order valence-corrected chi connectivity index (χ3v) is 2.30. The van der Waals surface area contributed by atoms with Crippen LogP contribution in [0.3, 0.4) is 0 Å². The summed E-state index contributed by atoms with van der Waals surface area (Å²) in [6, 6.07) is 10.6. The standard InChI is InChI=1S/C11H13I/c1-10(12)6-5-9-11-7-3-2-4-8-11/h2-4,7-8H,1,5-6,9H2. The molecule has 0 amide bonds. The SMILES string of the molecule is C=C(I)CCCc1ccccc1. The van der Waals surface area contributed by atoms with E-state index in [-0.39, 0.29) is 0 Å². The average molecular weight is 272 g/mol. The Hall–Kier alpha value is -0.310. The van der Waals surface area contributed by atoms with Crippen LogP contribution in [0.5, 0.6) is 0 Å². The summed E-state index contributed by atoms with van der Waals surface area (Å²) in [5.74, 6) is 0. The van der Waals surface area contributed by atoms with Crippen LogP contribution in [0, 0.1) is 0 Å². The van der Waals surface area contributed by atoms with Gasteiger partial charge in [-0.3, -0.25) is 0 Å². The van der Waals surface area contributed by atoms with Gasteiger partial charge in [0.1, 0.15) is 0 Å². The molecule has 12 heavy (non-hydrogen) atoms. The molecule has 0 radical (unpaired) electrons. The summed E-state index contributed by atoms with van der Waals surface area (Å²) in [6.07, 6.45) is 3.52. The molecule has 0 aliphatic heterocycles. The number of halogens is 1. The van der Waals surface area contributed by atoms with E-state index in [0.29, 0.717) is 0 Å². The van der Waals surface area contributed by atoms with E-state index < -0.39 is 0 Å². The van der Waals surface area contributed by atoms with Crippen molar-refractivity contribution in [2.24, 2.45) is 0 Å². The highest BCUT2D eigenvalue weighted by Crippen LogP contribution is 2.13. The molecule has 0 saturated carbocycles. The first-order valence-corrected chi connectivity index (χ1v) is 5.24. The van der Waals surface area contributed by atoms with Gasteiger partial charge in [-0.15, -0.1) is 0 Å². The monoisotopic (exact) mass is 272 g/mol. The Morgan fingerprint density at radius 2 is 1.92 bits per heavy atom. The van der Waals surface area contributed by atoms with Crippen LogP contribution in [-0.4, -0.2) is 0 Å². The first kappa shape index (κ1) is 9.78. The Labute approximate surface area is 87.8 Å². The molecule has 1 aromatic rings. The topological polar surface area (TPSA) is 0 Å². The van der Waals surface area contributed by atoms with Crippen LogP contribution >= 0.6 is 22.6 Å². The van der Waals surface area contributed by atoms with E-state index in [0.717, 1.165) is 6.42 Å². The van der Waals surface area contributed by atoms with Crippen LogP contribution in [0.15, 0.2) is 40.5 Å². The summed E-state index contributed by atoms with van der Waals surface area (Å²) in [6.45, 7) is 3.87. The van der Waals surface area contributed by atoms with E-state index in [1.54, 1.807) is 0 Å². The fraction of sp³-hybridized carbons (Fsp3) is 0.273. The van der Waals surface area contributed by atoms with E-state index in [1.165, 1.54) is 22.0 Å². The number of hydrogen-bond acceptors (Lipinski definition) is 0. The number of hydrogen-bond donors (Lipinski definition) is 0. The number of benzene rings is 1. The van der Waals surface area contributed by atoms with Crippen molar-refractivity contribution < 1.29 is 0 Å². The lowest BCUT2D eigenvalue weighted by atomic mass is 10.1. The first-order chi connectivity index (χ1) is 5.79. The van der Waals surface area contributed by atoms with Gasteiger partial charge in [0.15, 0.2) is 0 Å². The van der Waals surface area contributed by atoms with Gasteiger partial charge in [0.2, 0.25) is 0 Å². The smallest absolute Gasteiger partial charge is 0.0166 e. The van der Waals surface area contributed by atoms with Crippen molar-refractivity contribution in [3.8, 4) is 0 Å². The van der Waals surface area contributed by atoms with Gasteiger partial charge in [0.25, 0.3) is 0 Å². The van der Waals surface area contributed by atoms with Crippen molar-refractivity contribution in [2.75, 3.05) is 0 Å². The minimum atomic E-state index is 1.13. The molecule has 1 aromatic carbocycles. The Balaban J connectivity index is 2.29. The molecule has 0 saturated heterocycles. The van der Waals surface area contributed by atoms with Crippen LogP contribution in [0.1, 0.15) is 18.4 Å². The summed E-state index contributed by atoms with van der Waals surface area (Å²) >= 11 is 2.29. The largest absolute Gasteiger partial charge is 0.0897 e. The summed E-state index contributed by atoms with van der Waals surface area (Å²) in [5, 5.41) is 0. The molecule has 0 N–H and O–H groups in total. The van der Waals surface area contributed by atoms with Gasteiger partial charge < -0.3 is 0 Å². The molecule has 0 nitrogen and oxygen atoms in total. The summed E-state index contributed by atoms with van der Waals surface area (Å²) in [7, 11) is 0. The van der Waals surface area contributed by atoms with Crippen molar-refractivity contribution in [3.63, 3.8) is 0 Å². The first-order valence-electron chi connectivity index (χ1n) is 4.16. The maximum atomic E-state index is 3.87. The molecule has 0 aliphatic carbocycles. The zero-order valence-corrected chi connectivity index (χ0v) is 9.25. The molecule has 0 aliphatic rings. The van der Waals surface area contributed by atoms with Crippen LogP contribution < -0.4 is 0 Å². The molecule has 0 bridgehead atoms. The fourth-order valence-corrected chi connectivity index (χ4v) is 1.51. The lowest BCUT2D eigenvalue weighted by Crippen LogP contribution is -1.83. The van der Waals surface area contributed by atoms with Crippen LogP contribution in [0.25, 0.3) is 0 Å². The molecule has 0 fully saturated rings. The van der Waals surface area contributed by atoms with Crippen LogP contribution in [0.4, 0.5) is 0 Å². The zero-order valence-electron chi connectivity index (χ0n) is 7.09. The summed E-state index contributed by atoms with van der Waals surface area (Å²) in [5.41, 5.74) is 1.43. The van der Waals surface area contributed by atoms with Gasteiger partial charge in [-0.25, -0.2) is 0 Å². The predicted molar refractivity (Wildman–Crippen MR) is 62.5 cm³/mol. The van der Waals surface area contributed by atoms with E-state index in [9.17, 15) is 0 Å². The van der Waals surface area contributed by atoms with Gasteiger partial charge in [-0.2, -0.15) is 0 Å². The van der Waals surface area contributed by atoms with Crippen molar-refractivity contribution in [1.82, 2.24) is 0 Å². The van der Waals surface area contributed by atoms with Gasteiger partial charge in [-0.1, -0.05) is 36.9 Å².